The zero-order valence-electron chi connectivity index (χ0n) is 29.1. The predicted octanol–water partition coefficient (Wildman–Crippen LogP) is 13.3. The molecule has 0 aliphatic rings. The monoisotopic (exact) mass is 686 g/mol. The molecule has 8 aromatic carbocycles. The van der Waals surface area contributed by atoms with E-state index >= 15 is 0 Å². The Bertz CT molecular complexity index is 3160. The van der Waals surface area contributed by atoms with E-state index in [0.29, 0.717) is 11.3 Å². The normalized spacial score (nSPS) is 11.3. The zero-order chi connectivity index (χ0) is 36.2. The molecule has 0 fully saturated rings. The summed E-state index contributed by atoms with van der Waals surface area (Å²) in [5.74, 6) is 0. The van der Waals surface area contributed by atoms with Crippen LogP contribution in [-0.2, 0) is 0 Å². The second-order valence-corrected chi connectivity index (χ2v) is 13.5. The topological polar surface area (TPSA) is 38.0 Å². The van der Waals surface area contributed by atoms with Gasteiger partial charge in [0, 0.05) is 38.4 Å². The number of hydrogen-bond acceptors (Lipinski definition) is 1. The summed E-state index contributed by atoms with van der Waals surface area (Å²) >= 11 is 0. The third kappa shape index (κ3) is 4.76. The first-order valence-corrected chi connectivity index (χ1v) is 18.0. The number of aromatic nitrogens is 2. The van der Waals surface area contributed by atoms with Crippen molar-refractivity contribution in [2.24, 2.45) is 0 Å². The molecule has 0 radical (unpaired) electrons. The second-order valence-electron chi connectivity index (χ2n) is 13.5. The summed E-state index contributed by atoms with van der Waals surface area (Å²) in [7, 11) is 0. The minimum atomic E-state index is 0.450. The van der Waals surface area contributed by atoms with Crippen molar-refractivity contribution in [3.05, 3.63) is 199 Å². The molecule has 0 amide bonds. The number of nitriles is 1. The summed E-state index contributed by atoms with van der Waals surface area (Å²) in [6, 6.07) is 65.6. The largest absolute Gasteiger partial charge is 0.309 e. The maximum Gasteiger partial charge on any atom is 0.196 e. The molecular formula is C50H30N4. The summed E-state index contributed by atoms with van der Waals surface area (Å²) in [6.07, 6.45) is 0. The Hall–Kier alpha value is -7.66. The Morgan fingerprint density at radius 1 is 0.463 bits per heavy atom. The van der Waals surface area contributed by atoms with E-state index in [1.807, 2.05) is 18.2 Å². The number of benzene rings is 8. The Labute approximate surface area is 312 Å². The lowest BCUT2D eigenvalue weighted by Crippen LogP contribution is -2.00. The fourth-order valence-electron chi connectivity index (χ4n) is 8.24. The average molecular weight is 687 g/mol. The molecule has 0 aliphatic carbocycles. The third-order valence-electron chi connectivity index (χ3n) is 10.6. The summed E-state index contributed by atoms with van der Waals surface area (Å²) in [5, 5.41) is 14.5. The molecule has 0 atom stereocenters. The van der Waals surface area contributed by atoms with Crippen LogP contribution < -0.4 is 0 Å². The summed E-state index contributed by atoms with van der Waals surface area (Å²) in [5.41, 5.74) is 13.5. The van der Waals surface area contributed by atoms with E-state index in [-0.39, 0.29) is 0 Å². The molecule has 10 aromatic rings. The van der Waals surface area contributed by atoms with Gasteiger partial charge in [0.05, 0.1) is 40.4 Å². The molecule has 0 unspecified atom stereocenters. The standard InChI is InChI=1S/C50H30N4/c1-52-44-29-33(32-51)25-26-37(44)43-30-42(35-17-7-3-8-18-35)48(31-41(43)34-15-5-2-6-16-34)54-46-24-14-12-22-40(46)49-47(54)28-27-39-38-21-11-13-23-45(38)53(50(39)49)36-19-9-4-10-20-36/h2-31H. The Morgan fingerprint density at radius 3 is 1.76 bits per heavy atom. The highest BCUT2D eigenvalue weighted by Crippen LogP contribution is 2.47. The fraction of sp³-hybridized carbons (Fsp3) is 0. The van der Waals surface area contributed by atoms with Gasteiger partial charge in [0.25, 0.3) is 0 Å². The van der Waals surface area contributed by atoms with Gasteiger partial charge in [-0.25, -0.2) is 4.85 Å². The van der Waals surface area contributed by atoms with Crippen LogP contribution in [0.25, 0.3) is 93.2 Å². The Morgan fingerprint density at radius 2 is 1.07 bits per heavy atom. The number of rotatable bonds is 5. The number of fused-ring (bicyclic) bond motifs is 7. The molecule has 4 nitrogen and oxygen atoms in total. The highest BCUT2D eigenvalue weighted by Gasteiger charge is 2.24. The molecule has 250 valence electrons. The maximum absolute atomic E-state index is 9.69. The van der Waals surface area contributed by atoms with E-state index in [1.165, 1.54) is 32.6 Å². The third-order valence-corrected chi connectivity index (χ3v) is 10.6. The maximum atomic E-state index is 9.69. The molecule has 4 heteroatoms. The van der Waals surface area contributed by atoms with Crippen LogP contribution in [0.1, 0.15) is 5.56 Å². The van der Waals surface area contributed by atoms with Crippen LogP contribution in [0.4, 0.5) is 5.69 Å². The van der Waals surface area contributed by atoms with E-state index in [1.54, 1.807) is 12.1 Å². The lowest BCUT2D eigenvalue weighted by molar-refractivity contribution is 1.17. The van der Waals surface area contributed by atoms with Gasteiger partial charge in [-0.3, -0.25) is 0 Å². The molecule has 10 rings (SSSR count). The molecule has 0 spiro atoms. The summed E-state index contributed by atoms with van der Waals surface area (Å²) in [4.78, 5) is 3.92. The van der Waals surface area contributed by atoms with E-state index in [9.17, 15) is 5.26 Å². The van der Waals surface area contributed by atoms with Gasteiger partial charge in [0.15, 0.2) is 5.69 Å². The van der Waals surface area contributed by atoms with Crippen LogP contribution in [-0.4, -0.2) is 9.13 Å². The van der Waals surface area contributed by atoms with Crippen LogP contribution in [0.15, 0.2) is 182 Å². The van der Waals surface area contributed by atoms with E-state index in [0.717, 1.165) is 55.8 Å². The zero-order valence-corrected chi connectivity index (χ0v) is 29.1. The molecule has 54 heavy (non-hydrogen) atoms. The van der Waals surface area contributed by atoms with Crippen LogP contribution in [0.3, 0.4) is 0 Å². The molecule has 2 aromatic heterocycles. The Kier molecular flexibility index (Phi) is 7.22. The average Bonchev–Trinajstić information content (AvgIpc) is 3.77. The van der Waals surface area contributed by atoms with E-state index in [4.69, 9.17) is 6.57 Å². The van der Waals surface area contributed by atoms with Gasteiger partial charge in [0.1, 0.15) is 0 Å². The van der Waals surface area contributed by atoms with E-state index < -0.39 is 0 Å². The number of para-hydroxylation sites is 3. The van der Waals surface area contributed by atoms with Crippen molar-refractivity contribution in [1.82, 2.24) is 9.13 Å². The van der Waals surface area contributed by atoms with E-state index in [2.05, 4.69) is 172 Å². The minimum absolute atomic E-state index is 0.450. The minimum Gasteiger partial charge on any atom is -0.309 e. The lowest BCUT2D eigenvalue weighted by atomic mass is 9.88. The lowest BCUT2D eigenvalue weighted by Gasteiger charge is -2.20. The molecule has 0 aliphatic heterocycles. The fourth-order valence-corrected chi connectivity index (χ4v) is 8.24. The van der Waals surface area contributed by atoms with Crippen molar-refractivity contribution >= 4 is 49.3 Å². The highest BCUT2D eigenvalue weighted by atomic mass is 15.0. The highest BCUT2D eigenvalue weighted by molar-refractivity contribution is 6.26. The molecular weight excluding hydrogens is 657 g/mol. The van der Waals surface area contributed by atoms with Crippen molar-refractivity contribution in [2.45, 2.75) is 0 Å². The van der Waals surface area contributed by atoms with Gasteiger partial charge in [-0.2, -0.15) is 5.26 Å². The first-order chi connectivity index (χ1) is 26.7. The van der Waals surface area contributed by atoms with Gasteiger partial charge in [-0.15, -0.1) is 0 Å². The van der Waals surface area contributed by atoms with Crippen molar-refractivity contribution in [1.29, 1.82) is 5.26 Å². The quantitative estimate of drug-likeness (QED) is 0.166. The van der Waals surface area contributed by atoms with Crippen molar-refractivity contribution in [3.8, 4) is 50.8 Å². The first kappa shape index (κ1) is 31.1. The molecule has 0 saturated heterocycles. The Balaban J connectivity index is 1.38. The molecule has 2 heterocycles. The van der Waals surface area contributed by atoms with Crippen LogP contribution in [0.5, 0.6) is 0 Å². The van der Waals surface area contributed by atoms with Gasteiger partial charge < -0.3 is 9.13 Å². The van der Waals surface area contributed by atoms with Gasteiger partial charge in [-0.05, 0) is 82.4 Å². The van der Waals surface area contributed by atoms with Crippen LogP contribution in [0.2, 0.25) is 0 Å². The van der Waals surface area contributed by atoms with Crippen molar-refractivity contribution in [2.75, 3.05) is 0 Å². The SMILES string of the molecule is [C-]#[N+]c1cc(C#N)ccc1-c1cc(-c2ccccc2)c(-n2c3ccccc3c3c2ccc2c4ccccc4n(-c4ccccc4)c23)cc1-c1ccccc1. The molecule has 0 bridgehead atoms. The van der Waals surface area contributed by atoms with Crippen molar-refractivity contribution in [3.63, 3.8) is 0 Å². The molecule has 0 N–H and O–H groups in total. The first-order valence-electron chi connectivity index (χ1n) is 18.0. The number of hydrogen-bond donors (Lipinski definition) is 0. The van der Waals surface area contributed by atoms with Gasteiger partial charge >= 0.3 is 0 Å². The van der Waals surface area contributed by atoms with Gasteiger partial charge in [-0.1, -0.05) is 127 Å². The van der Waals surface area contributed by atoms with Gasteiger partial charge in [0.2, 0.25) is 0 Å². The summed E-state index contributed by atoms with van der Waals surface area (Å²) in [6.45, 7) is 8.13. The van der Waals surface area contributed by atoms with Crippen LogP contribution >= 0.6 is 0 Å². The van der Waals surface area contributed by atoms with Crippen LogP contribution in [0, 0.1) is 17.9 Å². The smallest absolute Gasteiger partial charge is 0.196 e. The number of nitrogens with zero attached hydrogens (tertiary/aromatic N) is 4. The van der Waals surface area contributed by atoms with Crippen molar-refractivity contribution < 1.29 is 0 Å². The predicted molar refractivity (Wildman–Crippen MR) is 222 cm³/mol. The summed E-state index contributed by atoms with van der Waals surface area (Å²) < 4.78 is 4.83. The second kappa shape index (κ2) is 12.5. The molecule has 0 saturated carbocycles.